The molecule has 0 saturated carbocycles. The molecule has 1 saturated heterocycles. The largest absolute Gasteiger partial charge is 0.459 e. The first-order chi connectivity index (χ1) is 13.0. The van der Waals surface area contributed by atoms with Gasteiger partial charge in [-0.1, -0.05) is 12.5 Å². The lowest BCUT2D eigenvalue weighted by Gasteiger charge is -2.29. The number of nitrogens with zero attached hydrogens (tertiary/aromatic N) is 2. The molecule has 2 aromatic rings. The highest BCUT2D eigenvalue weighted by Gasteiger charge is 2.25. The van der Waals surface area contributed by atoms with Crippen molar-refractivity contribution in [1.29, 1.82) is 0 Å². The summed E-state index contributed by atoms with van der Waals surface area (Å²) in [7, 11) is 4.13. The first-order valence-corrected chi connectivity index (χ1v) is 9.37. The number of rotatable bonds is 4. The summed E-state index contributed by atoms with van der Waals surface area (Å²) >= 11 is 0. The molecule has 2 amide bonds. The number of likely N-dealkylation sites (tertiary alicyclic amines) is 1. The van der Waals surface area contributed by atoms with Crippen LogP contribution in [0.3, 0.4) is 0 Å². The molecule has 6 heteroatoms. The summed E-state index contributed by atoms with van der Waals surface area (Å²) in [6.07, 6.45) is 4.71. The Hall–Kier alpha value is -2.60. The molecule has 3 rings (SSSR count). The van der Waals surface area contributed by atoms with Gasteiger partial charge >= 0.3 is 0 Å². The highest BCUT2D eigenvalue weighted by atomic mass is 16.3. The molecule has 1 unspecified atom stereocenters. The standard InChI is InChI=1S/C21H27N3O3/c1-15-17(21(26)24-12-5-4-8-16(14-24)23(2)3)9-6-10-18(15)22-20(25)19-11-7-13-27-19/h6-7,9-11,13,16H,4-5,8,12,14H2,1-3H3,(H,22,25). The van der Waals surface area contributed by atoms with Crippen LogP contribution in [0.25, 0.3) is 0 Å². The second-order valence-electron chi connectivity index (χ2n) is 7.27. The van der Waals surface area contributed by atoms with Crippen LogP contribution >= 0.6 is 0 Å². The summed E-state index contributed by atoms with van der Waals surface area (Å²) in [6.45, 7) is 3.37. The predicted molar refractivity (Wildman–Crippen MR) is 105 cm³/mol. The Bertz CT molecular complexity index is 799. The first kappa shape index (κ1) is 19.2. The van der Waals surface area contributed by atoms with Crippen molar-refractivity contribution >= 4 is 17.5 Å². The molecule has 1 aliphatic heterocycles. The molecule has 0 bridgehead atoms. The Labute approximate surface area is 160 Å². The van der Waals surface area contributed by atoms with Gasteiger partial charge in [-0.3, -0.25) is 9.59 Å². The zero-order valence-corrected chi connectivity index (χ0v) is 16.2. The van der Waals surface area contributed by atoms with Crippen molar-refractivity contribution in [2.45, 2.75) is 32.2 Å². The molecule has 1 aliphatic rings. The summed E-state index contributed by atoms with van der Waals surface area (Å²) in [5.41, 5.74) is 2.03. The molecule has 27 heavy (non-hydrogen) atoms. The van der Waals surface area contributed by atoms with E-state index in [1.54, 1.807) is 24.3 Å². The highest BCUT2D eigenvalue weighted by molar-refractivity contribution is 6.04. The molecular formula is C21H27N3O3. The van der Waals surface area contributed by atoms with Crippen LogP contribution in [0.2, 0.25) is 0 Å². The lowest BCUT2D eigenvalue weighted by Crippen LogP contribution is -2.42. The minimum Gasteiger partial charge on any atom is -0.459 e. The van der Waals surface area contributed by atoms with Crippen LogP contribution in [0, 0.1) is 6.92 Å². The Morgan fingerprint density at radius 3 is 2.70 bits per heavy atom. The lowest BCUT2D eigenvalue weighted by molar-refractivity contribution is 0.0724. The minimum absolute atomic E-state index is 0.0235. The quantitative estimate of drug-likeness (QED) is 0.897. The van der Waals surface area contributed by atoms with Crippen LogP contribution in [0.5, 0.6) is 0 Å². The Kier molecular flexibility index (Phi) is 5.96. The van der Waals surface area contributed by atoms with E-state index in [2.05, 4.69) is 24.3 Å². The number of hydrogen-bond donors (Lipinski definition) is 1. The Morgan fingerprint density at radius 2 is 2.00 bits per heavy atom. The maximum atomic E-state index is 13.2. The van der Waals surface area contributed by atoms with Gasteiger partial charge in [0.05, 0.1) is 6.26 Å². The normalized spacial score (nSPS) is 17.6. The van der Waals surface area contributed by atoms with E-state index in [0.29, 0.717) is 17.3 Å². The number of furan rings is 1. The van der Waals surface area contributed by atoms with Crippen molar-refractivity contribution in [3.05, 3.63) is 53.5 Å². The molecule has 0 aliphatic carbocycles. The number of hydrogen-bond acceptors (Lipinski definition) is 4. The SMILES string of the molecule is Cc1c(NC(=O)c2ccco2)cccc1C(=O)N1CCCCC(N(C)C)C1. The molecule has 6 nitrogen and oxygen atoms in total. The number of nitrogens with one attached hydrogen (secondary N) is 1. The molecular weight excluding hydrogens is 342 g/mol. The third-order valence-electron chi connectivity index (χ3n) is 5.22. The number of likely N-dealkylation sites (N-methyl/N-ethyl adjacent to an activating group) is 1. The van der Waals surface area contributed by atoms with Gasteiger partial charge in [-0.25, -0.2) is 0 Å². The number of anilines is 1. The van der Waals surface area contributed by atoms with Crippen LogP contribution in [0.15, 0.2) is 41.0 Å². The van der Waals surface area contributed by atoms with Gasteiger partial charge < -0.3 is 19.5 Å². The minimum atomic E-state index is -0.324. The summed E-state index contributed by atoms with van der Waals surface area (Å²) in [4.78, 5) is 29.6. The van der Waals surface area contributed by atoms with E-state index in [1.165, 1.54) is 6.26 Å². The summed E-state index contributed by atoms with van der Waals surface area (Å²) < 4.78 is 5.14. The molecule has 1 aromatic carbocycles. The van der Waals surface area contributed by atoms with Gasteiger partial charge in [0.1, 0.15) is 0 Å². The average molecular weight is 369 g/mol. The molecule has 1 atom stereocenters. The second-order valence-corrected chi connectivity index (χ2v) is 7.27. The fraction of sp³-hybridized carbons (Fsp3) is 0.429. The summed E-state index contributed by atoms with van der Waals surface area (Å²) in [6, 6.07) is 9.09. The number of carbonyl (C=O) groups is 2. The van der Waals surface area contributed by atoms with Crippen LogP contribution in [-0.4, -0.2) is 54.8 Å². The fourth-order valence-electron chi connectivity index (χ4n) is 3.49. The van der Waals surface area contributed by atoms with E-state index in [9.17, 15) is 9.59 Å². The van der Waals surface area contributed by atoms with Gasteiger partial charge in [0.15, 0.2) is 5.76 Å². The van der Waals surface area contributed by atoms with E-state index in [-0.39, 0.29) is 17.6 Å². The second kappa shape index (κ2) is 8.39. The third-order valence-corrected chi connectivity index (χ3v) is 5.22. The number of benzene rings is 1. The zero-order valence-electron chi connectivity index (χ0n) is 16.2. The third kappa shape index (κ3) is 4.39. The Balaban J connectivity index is 1.79. The maximum Gasteiger partial charge on any atom is 0.291 e. The van der Waals surface area contributed by atoms with Gasteiger partial charge in [0.2, 0.25) is 0 Å². The van der Waals surface area contributed by atoms with E-state index in [1.807, 2.05) is 17.9 Å². The van der Waals surface area contributed by atoms with Crippen LogP contribution < -0.4 is 5.32 Å². The van der Waals surface area contributed by atoms with Crippen molar-refractivity contribution < 1.29 is 14.0 Å². The van der Waals surface area contributed by atoms with E-state index < -0.39 is 0 Å². The first-order valence-electron chi connectivity index (χ1n) is 9.37. The van der Waals surface area contributed by atoms with Gasteiger partial charge in [-0.2, -0.15) is 0 Å². The molecule has 144 valence electrons. The zero-order chi connectivity index (χ0) is 19.4. The highest BCUT2D eigenvalue weighted by Crippen LogP contribution is 2.23. The molecule has 1 fully saturated rings. The number of amides is 2. The monoisotopic (exact) mass is 369 g/mol. The summed E-state index contributed by atoms with van der Waals surface area (Å²) in [5.74, 6) is -0.0574. The molecule has 1 aromatic heterocycles. The van der Waals surface area contributed by atoms with Gasteiger partial charge in [0.25, 0.3) is 11.8 Å². The predicted octanol–water partition coefficient (Wildman–Crippen LogP) is 3.40. The molecule has 0 radical (unpaired) electrons. The van der Waals surface area contributed by atoms with Crippen molar-refractivity contribution in [1.82, 2.24) is 9.80 Å². The fourth-order valence-corrected chi connectivity index (χ4v) is 3.49. The van der Waals surface area contributed by atoms with Crippen LogP contribution in [0.1, 0.15) is 45.7 Å². The molecule has 0 spiro atoms. The maximum absolute atomic E-state index is 13.2. The van der Waals surface area contributed by atoms with E-state index in [0.717, 1.165) is 37.9 Å². The summed E-state index contributed by atoms with van der Waals surface area (Å²) in [5, 5.41) is 2.84. The van der Waals surface area contributed by atoms with Crippen LogP contribution in [0.4, 0.5) is 5.69 Å². The van der Waals surface area contributed by atoms with Crippen molar-refractivity contribution in [2.24, 2.45) is 0 Å². The van der Waals surface area contributed by atoms with Crippen molar-refractivity contribution in [2.75, 3.05) is 32.5 Å². The van der Waals surface area contributed by atoms with E-state index >= 15 is 0 Å². The Morgan fingerprint density at radius 1 is 1.19 bits per heavy atom. The smallest absolute Gasteiger partial charge is 0.291 e. The van der Waals surface area contributed by atoms with Gasteiger partial charge in [0, 0.05) is 30.4 Å². The number of carbonyl (C=O) groups excluding carboxylic acids is 2. The van der Waals surface area contributed by atoms with Gasteiger partial charge in [-0.15, -0.1) is 0 Å². The van der Waals surface area contributed by atoms with Crippen molar-refractivity contribution in [3.8, 4) is 0 Å². The van der Waals surface area contributed by atoms with Gasteiger partial charge in [-0.05, 0) is 63.7 Å². The molecule has 2 heterocycles. The molecule has 1 N–H and O–H groups in total. The van der Waals surface area contributed by atoms with Crippen LogP contribution in [-0.2, 0) is 0 Å². The lowest BCUT2D eigenvalue weighted by atomic mass is 10.0. The van der Waals surface area contributed by atoms with Crippen molar-refractivity contribution in [3.63, 3.8) is 0 Å². The average Bonchev–Trinajstić information content (AvgIpc) is 3.07. The van der Waals surface area contributed by atoms with E-state index in [4.69, 9.17) is 4.42 Å². The topological polar surface area (TPSA) is 65.8 Å².